The summed E-state index contributed by atoms with van der Waals surface area (Å²) in [5.74, 6) is 0.197. The molecular weight excluding hydrogens is 256 g/mol. The van der Waals surface area contributed by atoms with Gasteiger partial charge in [0.2, 0.25) is 0 Å². The highest BCUT2D eigenvalue weighted by Gasteiger charge is 2.12. The Morgan fingerprint density at radius 3 is 1.32 bits per heavy atom. The van der Waals surface area contributed by atoms with Crippen LogP contribution in [0, 0.1) is 13.8 Å². The van der Waals surface area contributed by atoms with Crippen LogP contribution in [-0.2, 0) is 21.3 Å². The fourth-order valence-corrected chi connectivity index (χ4v) is 3.43. The van der Waals surface area contributed by atoms with Gasteiger partial charge in [-0.15, -0.1) is 0 Å². The molecule has 0 amide bonds. The fraction of sp³-hybridized carbons (Fsp3) is 0.250. The summed E-state index contributed by atoms with van der Waals surface area (Å²) in [7, 11) is -3.11. The van der Waals surface area contributed by atoms with E-state index in [2.05, 4.69) is 0 Å². The minimum atomic E-state index is -3.11. The second-order valence-electron chi connectivity index (χ2n) is 5.00. The maximum Gasteiger partial charge on any atom is 0.158 e. The molecule has 0 unspecified atom stereocenters. The van der Waals surface area contributed by atoms with Gasteiger partial charge in [0.15, 0.2) is 9.84 Å². The molecule has 2 rings (SSSR count). The van der Waals surface area contributed by atoms with Crippen LogP contribution in [0.5, 0.6) is 0 Å². The molecule has 0 bridgehead atoms. The molecule has 100 valence electrons. The Morgan fingerprint density at radius 2 is 1.00 bits per heavy atom. The molecule has 0 aliphatic heterocycles. The van der Waals surface area contributed by atoms with E-state index in [1.54, 1.807) is 0 Å². The molecule has 2 nitrogen and oxygen atoms in total. The van der Waals surface area contributed by atoms with Crippen LogP contribution in [0.1, 0.15) is 22.3 Å². The van der Waals surface area contributed by atoms with E-state index in [1.165, 1.54) is 0 Å². The second-order valence-corrected chi connectivity index (χ2v) is 7.07. The third-order valence-electron chi connectivity index (χ3n) is 3.01. The van der Waals surface area contributed by atoms with Gasteiger partial charge in [0, 0.05) is 0 Å². The van der Waals surface area contributed by atoms with Crippen LogP contribution in [0.4, 0.5) is 0 Å². The van der Waals surface area contributed by atoms with Crippen molar-refractivity contribution in [3.8, 4) is 0 Å². The van der Waals surface area contributed by atoms with Gasteiger partial charge in [0.1, 0.15) is 0 Å². The summed E-state index contributed by atoms with van der Waals surface area (Å²) in [6, 6.07) is 15.3. The highest BCUT2D eigenvalue weighted by atomic mass is 32.2. The van der Waals surface area contributed by atoms with Crippen molar-refractivity contribution in [3.63, 3.8) is 0 Å². The van der Waals surface area contributed by atoms with Crippen molar-refractivity contribution in [3.05, 3.63) is 70.8 Å². The predicted molar refractivity (Wildman–Crippen MR) is 78.7 cm³/mol. The molecule has 0 spiro atoms. The van der Waals surface area contributed by atoms with E-state index >= 15 is 0 Å². The number of hydrogen-bond acceptors (Lipinski definition) is 2. The summed E-state index contributed by atoms with van der Waals surface area (Å²) in [5, 5.41) is 0. The van der Waals surface area contributed by atoms with E-state index in [0.29, 0.717) is 0 Å². The first-order valence-electron chi connectivity index (χ1n) is 6.26. The van der Waals surface area contributed by atoms with Crippen molar-refractivity contribution in [1.29, 1.82) is 0 Å². The Hall–Kier alpha value is -1.61. The minimum absolute atomic E-state index is 0.0984. The lowest BCUT2D eigenvalue weighted by Crippen LogP contribution is -2.07. The highest BCUT2D eigenvalue weighted by Crippen LogP contribution is 2.13. The third kappa shape index (κ3) is 4.21. The molecule has 3 heteroatoms. The molecule has 0 N–H and O–H groups in total. The van der Waals surface area contributed by atoms with Gasteiger partial charge >= 0.3 is 0 Å². The number of benzene rings is 2. The summed E-state index contributed by atoms with van der Waals surface area (Å²) in [6.07, 6.45) is 0. The largest absolute Gasteiger partial charge is 0.228 e. The molecule has 0 aliphatic rings. The van der Waals surface area contributed by atoms with Crippen molar-refractivity contribution in [2.45, 2.75) is 25.4 Å². The van der Waals surface area contributed by atoms with Gasteiger partial charge in [-0.1, -0.05) is 59.7 Å². The predicted octanol–water partition coefficient (Wildman–Crippen LogP) is 3.42. The smallest absolute Gasteiger partial charge is 0.158 e. The van der Waals surface area contributed by atoms with Gasteiger partial charge in [-0.25, -0.2) is 8.42 Å². The van der Waals surface area contributed by atoms with E-state index in [4.69, 9.17) is 0 Å². The molecule has 0 aromatic heterocycles. The molecule has 0 saturated carbocycles. The summed E-state index contributed by atoms with van der Waals surface area (Å²) >= 11 is 0. The Kier molecular flexibility index (Phi) is 4.05. The zero-order chi connectivity index (χ0) is 13.9. The lowest BCUT2D eigenvalue weighted by Gasteiger charge is -2.06. The van der Waals surface area contributed by atoms with E-state index in [0.717, 1.165) is 22.3 Å². The monoisotopic (exact) mass is 274 g/mol. The van der Waals surface area contributed by atoms with E-state index in [9.17, 15) is 8.42 Å². The molecule has 0 fully saturated rings. The molecule has 2 aromatic rings. The average Bonchev–Trinajstić information content (AvgIpc) is 2.34. The van der Waals surface area contributed by atoms with Crippen LogP contribution in [0.3, 0.4) is 0 Å². The van der Waals surface area contributed by atoms with Crippen LogP contribution in [0.2, 0.25) is 0 Å². The van der Waals surface area contributed by atoms with Crippen molar-refractivity contribution in [1.82, 2.24) is 0 Å². The summed E-state index contributed by atoms with van der Waals surface area (Å²) in [5.41, 5.74) is 3.97. The molecule has 0 saturated heterocycles. The van der Waals surface area contributed by atoms with Crippen LogP contribution >= 0.6 is 0 Å². The second kappa shape index (κ2) is 5.57. The maximum absolute atomic E-state index is 12.1. The van der Waals surface area contributed by atoms with Crippen molar-refractivity contribution in [2.75, 3.05) is 0 Å². The van der Waals surface area contributed by atoms with Crippen molar-refractivity contribution >= 4 is 9.84 Å². The summed E-state index contributed by atoms with van der Waals surface area (Å²) < 4.78 is 24.3. The average molecular weight is 274 g/mol. The number of rotatable bonds is 4. The fourth-order valence-electron chi connectivity index (χ4n) is 1.93. The molecule has 0 radical (unpaired) electrons. The molecule has 0 heterocycles. The molecule has 2 aromatic carbocycles. The molecular formula is C16H18O2S. The molecule has 19 heavy (non-hydrogen) atoms. The topological polar surface area (TPSA) is 34.1 Å². The Labute approximate surface area is 115 Å². The van der Waals surface area contributed by atoms with Gasteiger partial charge in [-0.3, -0.25) is 0 Å². The van der Waals surface area contributed by atoms with E-state index in [1.807, 2.05) is 62.4 Å². The normalized spacial score (nSPS) is 11.5. The van der Waals surface area contributed by atoms with Gasteiger partial charge in [0.05, 0.1) is 11.5 Å². The van der Waals surface area contributed by atoms with Crippen molar-refractivity contribution < 1.29 is 8.42 Å². The standard InChI is InChI=1S/C16H18O2S/c1-13-3-7-15(8-4-13)11-19(17,18)12-16-9-5-14(2)6-10-16/h3-10H,11-12H2,1-2H3. The Morgan fingerprint density at radius 1 is 0.684 bits per heavy atom. The number of hydrogen-bond donors (Lipinski definition) is 0. The number of aryl methyl sites for hydroxylation is 2. The van der Waals surface area contributed by atoms with Crippen LogP contribution in [0.15, 0.2) is 48.5 Å². The van der Waals surface area contributed by atoms with Gasteiger partial charge in [-0.05, 0) is 25.0 Å². The van der Waals surface area contributed by atoms with E-state index in [-0.39, 0.29) is 11.5 Å². The quantitative estimate of drug-likeness (QED) is 0.856. The first kappa shape index (κ1) is 13.8. The zero-order valence-corrected chi connectivity index (χ0v) is 12.1. The third-order valence-corrected chi connectivity index (χ3v) is 4.56. The Balaban J connectivity index is 2.10. The van der Waals surface area contributed by atoms with Crippen LogP contribution < -0.4 is 0 Å². The van der Waals surface area contributed by atoms with Gasteiger partial charge < -0.3 is 0 Å². The lowest BCUT2D eigenvalue weighted by atomic mass is 10.2. The zero-order valence-electron chi connectivity index (χ0n) is 11.3. The highest BCUT2D eigenvalue weighted by molar-refractivity contribution is 7.89. The first-order chi connectivity index (χ1) is 8.94. The summed E-state index contributed by atoms with van der Waals surface area (Å²) in [6.45, 7) is 3.98. The van der Waals surface area contributed by atoms with Gasteiger partial charge in [-0.2, -0.15) is 0 Å². The van der Waals surface area contributed by atoms with Gasteiger partial charge in [0.25, 0.3) is 0 Å². The minimum Gasteiger partial charge on any atom is -0.228 e. The van der Waals surface area contributed by atoms with Crippen molar-refractivity contribution in [2.24, 2.45) is 0 Å². The SMILES string of the molecule is Cc1ccc(CS(=O)(=O)Cc2ccc(C)cc2)cc1. The van der Waals surface area contributed by atoms with Crippen LogP contribution in [0.25, 0.3) is 0 Å². The molecule has 0 atom stereocenters. The lowest BCUT2D eigenvalue weighted by molar-refractivity contribution is 0.594. The first-order valence-corrected chi connectivity index (χ1v) is 8.08. The van der Waals surface area contributed by atoms with E-state index < -0.39 is 9.84 Å². The number of sulfone groups is 1. The molecule has 0 aliphatic carbocycles. The maximum atomic E-state index is 12.1. The van der Waals surface area contributed by atoms with Crippen LogP contribution in [-0.4, -0.2) is 8.42 Å². The Bertz CT molecular complexity index is 585. The summed E-state index contributed by atoms with van der Waals surface area (Å²) in [4.78, 5) is 0.